The van der Waals surface area contributed by atoms with Crippen molar-refractivity contribution in [3.05, 3.63) is 64.0 Å². The molecule has 1 aromatic carbocycles. The summed E-state index contributed by atoms with van der Waals surface area (Å²) in [4.78, 5) is 14.2. The van der Waals surface area contributed by atoms with Gasteiger partial charge < -0.3 is 18.4 Å². The molecule has 3 aromatic heterocycles. The van der Waals surface area contributed by atoms with Gasteiger partial charge in [0.15, 0.2) is 5.76 Å². The Bertz CT molecular complexity index is 1180. The molecule has 0 spiro atoms. The molecule has 150 valence electrons. The van der Waals surface area contributed by atoms with Gasteiger partial charge >= 0.3 is 5.63 Å². The maximum Gasteiger partial charge on any atom is 0.336 e. The highest BCUT2D eigenvalue weighted by molar-refractivity contribution is 5.84. The predicted octanol–water partition coefficient (Wildman–Crippen LogP) is 3.86. The topological polar surface area (TPSA) is 106 Å². The molecule has 0 saturated heterocycles. The second-order valence-electron chi connectivity index (χ2n) is 6.87. The van der Waals surface area contributed by atoms with E-state index in [1.807, 2.05) is 0 Å². The first-order valence-corrected chi connectivity index (χ1v) is 9.39. The smallest absolute Gasteiger partial charge is 0.336 e. The molecule has 3 heterocycles. The minimum Gasteiger partial charge on any atom is -0.508 e. The van der Waals surface area contributed by atoms with Gasteiger partial charge in [0, 0.05) is 23.6 Å². The van der Waals surface area contributed by atoms with Crippen LogP contribution in [0.5, 0.6) is 5.75 Å². The summed E-state index contributed by atoms with van der Waals surface area (Å²) in [5.41, 5.74) is 1.32. The van der Waals surface area contributed by atoms with Crippen molar-refractivity contribution < 1.29 is 18.4 Å². The van der Waals surface area contributed by atoms with Crippen LogP contribution in [0, 0.1) is 6.92 Å². The minimum absolute atomic E-state index is 0.0968. The average Bonchev–Trinajstić information content (AvgIpc) is 3.37. The molecule has 0 amide bonds. The Balaban J connectivity index is 1.62. The normalized spacial score (nSPS) is 11.6. The van der Waals surface area contributed by atoms with Crippen LogP contribution >= 0.6 is 0 Å². The monoisotopic (exact) mass is 395 g/mol. The number of rotatable bonds is 7. The molecular weight excluding hydrogens is 374 g/mol. The van der Waals surface area contributed by atoms with E-state index in [-0.39, 0.29) is 5.75 Å². The van der Waals surface area contributed by atoms with Crippen molar-refractivity contribution in [2.45, 2.75) is 33.4 Å². The molecule has 0 saturated carbocycles. The molecule has 29 heavy (non-hydrogen) atoms. The summed E-state index contributed by atoms with van der Waals surface area (Å²) in [6.07, 6.45) is 2.47. The van der Waals surface area contributed by atoms with Gasteiger partial charge in [0.2, 0.25) is 5.89 Å². The van der Waals surface area contributed by atoms with Crippen molar-refractivity contribution >= 4 is 11.0 Å². The van der Waals surface area contributed by atoms with Gasteiger partial charge in [-0.3, -0.25) is 4.90 Å². The number of aromatic nitrogens is 2. The Morgan fingerprint density at radius 3 is 2.76 bits per heavy atom. The fourth-order valence-corrected chi connectivity index (χ4v) is 3.33. The molecule has 0 aliphatic rings. The fraction of sp³-hybridized carbons (Fsp3) is 0.286. The molecule has 0 atom stereocenters. The maximum atomic E-state index is 12.1. The first-order chi connectivity index (χ1) is 14.0. The third-order valence-electron chi connectivity index (χ3n) is 4.71. The third-order valence-corrected chi connectivity index (χ3v) is 4.71. The number of hydrogen-bond donors (Lipinski definition) is 1. The summed E-state index contributed by atoms with van der Waals surface area (Å²) in [6, 6.07) is 8.38. The average molecular weight is 395 g/mol. The highest BCUT2D eigenvalue weighted by Gasteiger charge is 2.17. The van der Waals surface area contributed by atoms with Crippen LogP contribution in [0.25, 0.3) is 22.6 Å². The van der Waals surface area contributed by atoms with Gasteiger partial charge in [-0.05, 0) is 49.7 Å². The van der Waals surface area contributed by atoms with E-state index in [2.05, 4.69) is 22.0 Å². The second-order valence-corrected chi connectivity index (χ2v) is 6.87. The summed E-state index contributed by atoms with van der Waals surface area (Å²) in [7, 11) is 0. The van der Waals surface area contributed by atoms with E-state index < -0.39 is 5.63 Å². The van der Waals surface area contributed by atoms with Gasteiger partial charge in [0.25, 0.3) is 5.89 Å². The molecule has 8 heteroatoms. The summed E-state index contributed by atoms with van der Waals surface area (Å²) in [5.74, 6) is 1.41. The molecule has 0 unspecified atom stereocenters. The van der Waals surface area contributed by atoms with Gasteiger partial charge in [0.05, 0.1) is 12.8 Å². The minimum atomic E-state index is -0.449. The molecule has 0 bridgehead atoms. The Morgan fingerprint density at radius 1 is 1.14 bits per heavy atom. The Kier molecular flexibility index (Phi) is 5.18. The molecule has 0 fully saturated rings. The molecule has 4 aromatic rings. The van der Waals surface area contributed by atoms with E-state index in [9.17, 15) is 9.90 Å². The van der Waals surface area contributed by atoms with Gasteiger partial charge in [-0.25, -0.2) is 4.79 Å². The summed E-state index contributed by atoms with van der Waals surface area (Å²) >= 11 is 0. The zero-order valence-corrected chi connectivity index (χ0v) is 16.2. The van der Waals surface area contributed by atoms with Gasteiger partial charge in [0.1, 0.15) is 11.3 Å². The van der Waals surface area contributed by atoms with Crippen molar-refractivity contribution in [3.63, 3.8) is 0 Å². The lowest BCUT2D eigenvalue weighted by molar-refractivity contribution is 0.232. The first kappa shape index (κ1) is 18.9. The van der Waals surface area contributed by atoms with Crippen LogP contribution in [-0.2, 0) is 13.1 Å². The first-order valence-electron chi connectivity index (χ1n) is 9.39. The Labute approximate surface area is 166 Å². The maximum absolute atomic E-state index is 12.1. The summed E-state index contributed by atoms with van der Waals surface area (Å²) in [6.45, 7) is 5.51. The molecule has 0 aliphatic carbocycles. The van der Waals surface area contributed by atoms with Gasteiger partial charge in [-0.1, -0.05) is 6.92 Å². The number of benzene rings is 1. The zero-order valence-electron chi connectivity index (χ0n) is 16.2. The number of fused-ring (bicyclic) bond motifs is 1. The van der Waals surface area contributed by atoms with Crippen molar-refractivity contribution in [2.24, 2.45) is 0 Å². The third kappa shape index (κ3) is 3.93. The second kappa shape index (κ2) is 7.92. The van der Waals surface area contributed by atoms with Crippen molar-refractivity contribution in [2.75, 3.05) is 6.54 Å². The molecule has 0 radical (unpaired) electrons. The highest BCUT2D eigenvalue weighted by Crippen LogP contribution is 2.28. The predicted molar refractivity (Wildman–Crippen MR) is 105 cm³/mol. The molecular formula is C21H21N3O5. The van der Waals surface area contributed by atoms with E-state index in [4.69, 9.17) is 13.3 Å². The van der Waals surface area contributed by atoms with Crippen LogP contribution in [0.1, 0.15) is 30.4 Å². The van der Waals surface area contributed by atoms with Crippen LogP contribution in [0.2, 0.25) is 0 Å². The number of aromatic hydroxyl groups is 1. The lowest BCUT2D eigenvalue weighted by Crippen LogP contribution is -2.24. The molecule has 4 rings (SSSR count). The van der Waals surface area contributed by atoms with E-state index in [0.29, 0.717) is 41.8 Å². The van der Waals surface area contributed by atoms with E-state index in [1.165, 1.54) is 6.07 Å². The number of phenolic OH excluding ortho intramolecular Hbond substituents is 1. The van der Waals surface area contributed by atoms with Crippen molar-refractivity contribution in [1.29, 1.82) is 0 Å². The van der Waals surface area contributed by atoms with Crippen LogP contribution in [0.4, 0.5) is 0 Å². The Hall–Kier alpha value is -3.39. The number of aryl methyl sites for hydroxylation is 1. The number of phenols is 1. The van der Waals surface area contributed by atoms with Gasteiger partial charge in [-0.15, -0.1) is 10.2 Å². The summed E-state index contributed by atoms with van der Waals surface area (Å²) in [5, 5.41) is 18.9. The largest absolute Gasteiger partial charge is 0.508 e. The lowest BCUT2D eigenvalue weighted by atomic mass is 10.1. The molecule has 1 N–H and O–H groups in total. The SMILES string of the molecule is CCCN(Cc1nnc(-c2ccco2)o1)Cc1cc(=O)oc2c(C)c(O)ccc12. The van der Waals surface area contributed by atoms with Crippen molar-refractivity contribution in [1.82, 2.24) is 15.1 Å². The standard InChI is InChI=1S/C21H21N3O5/c1-3-8-24(12-18-22-23-21(28-18)17-5-4-9-27-17)11-14-10-19(26)29-20-13(2)16(25)7-6-15(14)20/h4-7,9-10,25H,3,8,11-12H2,1-2H3. The summed E-state index contributed by atoms with van der Waals surface area (Å²) < 4.78 is 16.3. The zero-order chi connectivity index (χ0) is 20.4. The van der Waals surface area contributed by atoms with Crippen LogP contribution in [-0.4, -0.2) is 26.7 Å². The van der Waals surface area contributed by atoms with E-state index in [0.717, 1.165) is 23.9 Å². The molecule has 8 nitrogen and oxygen atoms in total. The van der Waals surface area contributed by atoms with E-state index in [1.54, 1.807) is 37.5 Å². The number of hydrogen-bond acceptors (Lipinski definition) is 8. The van der Waals surface area contributed by atoms with Crippen LogP contribution in [0.15, 0.2) is 54.6 Å². The van der Waals surface area contributed by atoms with Gasteiger partial charge in [-0.2, -0.15) is 0 Å². The molecule has 0 aliphatic heterocycles. The number of furan rings is 1. The quantitative estimate of drug-likeness (QED) is 0.470. The van der Waals surface area contributed by atoms with Crippen LogP contribution in [0.3, 0.4) is 0 Å². The lowest BCUT2D eigenvalue weighted by Gasteiger charge is -2.20. The highest BCUT2D eigenvalue weighted by atomic mass is 16.4. The Morgan fingerprint density at radius 2 is 2.00 bits per heavy atom. The fourth-order valence-electron chi connectivity index (χ4n) is 3.33. The number of nitrogens with zero attached hydrogens (tertiary/aromatic N) is 3. The van der Waals surface area contributed by atoms with Crippen LogP contribution < -0.4 is 5.63 Å². The van der Waals surface area contributed by atoms with E-state index >= 15 is 0 Å². The van der Waals surface area contributed by atoms with Crippen molar-refractivity contribution in [3.8, 4) is 17.4 Å².